The quantitative estimate of drug-likeness (QED) is 0.0197. The molecule has 0 saturated carbocycles. The third-order valence-electron chi connectivity index (χ3n) is 8.16. The Hall–Kier alpha value is -3.22. The summed E-state index contributed by atoms with van der Waals surface area (Å²) in [5.74, 6) is -1.16. The van der Waals surface area contributed by atoms with Crippen molar-refractivity contribution in [3.05, 3.63) is 109 Å². The van der Waals surface area contributed by atoms with Crippen molar-refractivity contribution in [2.45, 2.75) is 142 Å². The van der Waals surface area contributed by atoms with Crippen molar-refractivity contribution in [1.82, 2.24) is 0 Å². The van der Waals surface area contributed by atoms with Crippen molar-refractivity contribution < 1.29 is 61.6 Å². The van der Waals surface area contributed by atoms with Crippen LogP contribution in [0.1, 0.15) is 129 Å². The van der Waals surface area contributed by atoms with Crippen molar-refractivity contribution in [2.75, 3.05) is 26.4 Å². The molecule has 0 aliphatic heterocycles. The zero-order valence-corrected chi connectivity index (χ0v) is 38.2. The molecule has 0 aromatic carbocycles. The highest BCUT2D eigenvalue weighted by Gasteiger charge is 2.28. The molecule has 0 heterocycles. The molecule has 0 radical (unpaired) electrons. The van der Waals surface area contributed by atoms with E-state index in [1.807, 2.05) is 18.2 Å². The molecule has 61 heavy (non-hydrogen) atoms. The van der Waals surface area contributed by atoms with Gasteiger partial charge in [0.15, 0.2) is 6.10 Å². The number of hydrogen-bond donors (Lipinski definition) is 4. The Kier molecular flexibility index (Phi) is 38.7. The lowest BCUT2D eigenvalue weighted by molar-refractivity contribution is -0.161. The van der Waals surface area contributed by atoms with Gasteiger partial charge in [-0.15, -0.1) is 0 Å². The van der Waals surface area contributed by atoms with Crippen LogP contribution in [0.3, 0.4) is 0 Å². The van der Waals surface area contributed by atoms with Crippen LogP contribution in [0.25, 0.3) is 0 Å². The Balaban J connectivity index is 4.70. The summed E-state index contributed by atoms with van der Waals surface area (Å²) in [6.07, 6.45) is 49.5. The Bertz CT molecular complexity index is 1490. The number of allylic oxidation sites excluding steroid dienone is 18. The van der Waals surface area contributed by atoms with Gasteiger partial charge in [0.1, 0.15) is 12.7 Å². The van der Waals surface area contributed by atoms with Gasteiger partial charge in [-0.2, -0.15) is 0 Å². The molecule has 4 N–H and O–H groups in total. The number of aliphatic hydroxyl groups excluding tert-OH is 1. The Morgan fingerprint density at radius 2 is 0.885 bits per heavy atom. The molecule has 0 aromatic heterocycles. The van der Waals surface area contributed by atoms with Crippen molar-refractivity contribution >= 4 is 27.6 Å². The van der Waals surface area contributed by atoms with E-state index in [1.165, 1.54) is 0 Å². The maximum Gasteiger partial charge on any atom is 0.472 e. The van der Waals surface area contributed by atoms with Gasteiger partial charge < -0.3 is 29.3 Å². The summed E-state index contributed by atoms with van der Waals surface area (Å²) in [5.41, 5.74) is 0. The molecule has 3 atom stereocenters. The van der Waals surface area contributed by atoms with E-state index < -0.39 is 66.2 Å². The third-order valence-corrected chi connectivity index (χ3v) is 9.60. The van der Waals surface area contributed by atoms with Gasteiger partial charge in [0.2, 0.25) is 0 Å². The lowest BCUT2D eigenvalue weighted by Crippen LogP contribution is -2.29. The summed E-state index contributed by atoms with van der Waals surface area (Å²) >= 11 is 0. The van der Waals surface area contributed by atoms with Crippen LogP contribution < -0.4 is 0 Å². The van der Waals surface area contributed by atoms with Crippen LogP contribution in [0.5, 0.6) is 0 Å². The second-order valence-corrected chi connectivity index (χ2v) is 16.5. The molecule has 0 spiro atoms. The zero-order valence-electron chi connectivity index (χ0n) is 36.5. The van der Waals surface area contributed by atoms with Gasteiger partial charge in [-0.25, -0.2) is 9.13 Å². The molecule has 346 valence electrons. The highest BCUT2D eigenvalue weighted by molar-refractivity contribution is 7.47. The van der Waals surface area contributed by atoms with E-state index in [4.69, 9.17) is 23.8 Å². The van der Waals surface area contributed by atoms with Gasteiger partial charge >= 0.3 is 27.6 Å². The number of rotatable bonds is 39. The van der Waals surface area contributed by atoms with E-state index in [2.05, 4.69) is 114 Å². The lowest BCUT2D eigenvalue weighted by Gasteiger charge is -2.20. The summed E-state index contributed by atoms with van der Waals surface area (Å²) in [6.45, 7) is 1.41. The average molecular weight is 897 g/mol. The first-order valence-corrected chi connectivity index (χ1v) is 24.6. The van der Waals surface area contributed by atoms with E-state index in [0.717, 1.165) is 83.5 Å². The molecule has 0 aliphatic carbocycles. The monoisotopic (exact) mass is 896 g/mol. The van der Waals surface area contributed by atoms with Crippen LogP contribution in [-0.2, 0) is 41.8 Å². The van der Waals surface area contributed by atoms with Crippen LogP contribution in [0.15, 0.2) is 109 Å². The maximum absolute atomic E-state index is 12.6. The molecule has 0 fully saturated rings. The fraction of sp³-hybridized carbons (Fsp3) is 0.565. The molecular weight excluding hydrogens is 822 g/mol. The summed E-state index contributed by atoms with van der Waals surface area (Å²) in [5, 5.41) is 9.74. The van der Waals surface area contributed by atoms with Crippen molar-refractivity contribution in [3.63, 3.8) is 0 Å². The van der Waals surface area contributed by atoms with Crippen LogP contribution in [0.2, 0.25) is 0 Å². The predicted octanol–water partition coefficient (Wildman–Crippen LogP) is 11.1. The molecular formula is C46H74O13P2. The number of carbonyl (C=O) groups excluding carboxylic acids is 2. The second-order valence-electron chi connectivity index (χ2n) is 13.8. The van der Waals surface area contributed by atoms with Gasteiger partial charge in [0.05, 0.1) is 19.8 Å². The van der Waals surface area contributed by atoms with Gasteiger partial charge in [-0.05, 0) is 83.5 Å². The average Bonchev–Trinajstić information content (AvgIpc) is 3.22. The second kappa shape index (κ2) is 40.8. The summed E-state index contributed by atoms with van der Waals surface area (Å²) in [6, 6.07) is 0. The maximum atomic E-state index is 12.6. The highest BCUT2D eigenvalue weighted by Crippen LogP contribution is 2.43. The number of aliphatic hydroxyl groups is 1. The number of hydrogen-bond acceptors (Lipinski definition) is 10. The number of carbonyl (C=O) groups is 2. The largest absolute Gasteiger partial charge is 0.472 e. The number of unbranched alkanes of at least 4 members (excludes halogenated alkanes) is 5. The van der Waals surface area contributed by atoms with Crippen LogP contribution in [0.4, 0.5) is 0 Å². The molecule has 0 saturated heterocycles. The van der Waals surface area contributed by atoms with Crippen LogP contribution in [-0.4, -0.2) is 70.4 Å². The zero-order chi connectivity index (χ0) is 45.1. The van der Waals surface area contributed by atoms with Crippen LogP contribution in [0, 0.1) is 0 Å². The Morgan fingerprint density at radius 1 is 0.475 bits per heavy atom. The summed E-state index contributed by atoms with van der Waals surface area (Å²) in [4.78, 5) is 52.7. The SMILES string of the molecule is CC/C=C\C/C=C\C/C=C\C/C=C\C/C=C\C/C=C\CCC(=O)O[C@H](COC(=O)CCCCCCC/C=C\C/C=C\C/C=C\CC)COP(=O)(O)OC[C@@H](O)COP(=O)(O)O. The van der Waals surface area contributed by atoms with Crippen molar-refractivity contribution in [1.29, 1.82) is 0 Å². The van der Waals surface area contributed by atoms with E-state index in [9.17, 15) is 28.7 Å². The van der Waals surface area contributed by atoms with E-state index >= 15 is 0 Å². The minimum Gasteiger partial charge on any atom is -0.462 e. The molecule has 0 rings (SSSR count). The molecule has 1 unspecified atom stereocenters. The highest BCUT2D eigenvalue weighted by atomic mass is 31.2. The number of ether oxygens (including phenoxy) is 2. The van der Waals surface area contributed by atoms with Gasteiger partial charge in [0.25, 0.3) is 0 Å². The molecule has 0 aromatic rings. The topological polar surface area (TPSA) is 195 Å². The molecule has 0 amide bonds. The number of esters is 2. The Labute approximate surface area is 365 Å². The van der Waals surface area contributed by atoms with Crippen LogP contribution >= 0.6 is 15.6 Å². The number of phosphoric ester groups is 2. The van der Waals surface area contributed by atoms with E-state index in [1.54, 1.807) is 0 Å². The van der Waals surface area contributed by atoms with Crippen molar-refractivity contribution in [2.24, 2.45) is 0 Å². The molecule has 13 nitrogen and oxygen atoms in total. The first-order chi connectivity index (χ1) is 29.4. The smallest absolute Gasteiger partial charge is 0.462 e. The molecule has 0 aliphatic rings. The lowest BCUT2D eigenvalue weighted by atomic mass is 10.1. The number of phosphoric acid groups is 2. The normalized spacial score (nSPS) is 15.0. The summed E-state index contributed by atoms with van der Waals surface area (Å²) < 4.78 is 47.7. The fourth-order valence-corrected chi connectivity index (χ4v) is 6.13. The molecule has 15 heteroatoms. The van der Waals surface area contributed by atoms with Gasteiger partial charge in [0, 0.05) is 12.8 Å². The first kappa shape index (κ1) is 57.8. The Morgan fingerprint density at radius 3 is 1.38 bits per heavy atom. The minimum atomic E-state index is -4.88. The fourth-order valence-electron chi connectivity index (χ4n) is 4.97. The molecule has 0 bridgehead atoms. The summed E-state index contributed by atoms with van der Waals surface area (Å²) in [7, 11) is -9.72. The van der Waals surface area contributed by atoms with Gasteiger partial charge in [-0.3, -0.25) is 23.2 Å². The van der Waals surface area contributed by atoms with Gasteiger partial charge in [-0.1, -0.05) is 142 Å². The van der Waals surface area contributed by atoms with Crippen molar-refractivity contribution in [3.8, 4) is 0 Å². The predicted molar refractivity (Wildman–Crippen MR) is 243 cm³/mol. The van der Waals surface area contributed by atoms with E-state index in [0.29, 0.717) is 19.3 Å². The first-order valence-electron chi connectivity index (χ1n) is 21.6. The minimum absolute atomic E-state index is 0.00452. The van der Waals surface area contributed by atoms with E-state index in [-0.39, 0.29) is 12.8 Å². The standard InChI is InChI=1S/C46H74O13P2/c1-3-5-7-9-11-13-15-17-19-20-21-22-24-26-28-30-32-34-36-38-46(49)59-44(42-58-61(53,54)57-40-43(47)39-56-60(50,51)52)41-55-45(48)37-35-33-31-29-27-25-23-18-16-14-12-10-8-6-4-2/h5-8,11-14,17-19,21-23,26,28,32,34,43-44,47H,3-4,9-10,15-16,20,24-25,27,29-31,33,35-42H2,1-2H3,(H,53,54)(H2,50,51,52)/b7-5-,8-6-,13-11-,14-12-,19-17-,22-21-,23-18-,28-26-,34-32-/t43-,44+/m0/s1. The third kappa shape index (κ3) is 44.6.